The summed E-state index contributed by atoms with van der Waals surface area (Å²) in [6.07, 6.45) is 6.04. The molecule has 0 radical (unpaired) electrons. The molecular formula is C16H26N2O3. The third-order valence-electron chi connectivity index (χ3n) is 3.95. The van der Waals surface area contributed by atoms with E-state index in [-0.39, 0.29) is 11.4 Å². The second kappa shape index (κ2) is 6.58. The maximum atomic E-state index is 12.0. The highest BCUT2D eigenvalue weighted by Crippen LogP contribution is 2.28. The van der Waals surface area contributed by atoms with Gasteiger partial charge in [-0.25, -0.2) is 0 Å². The van der Waals surface area contributed by atoms with E-state index in [0.29, 0.717) is 24.1 Å². The molecule has 0 N–H and O–H groups in total. The number of esters is 1. The van der Waals surface area contributed by atoms with Crippen LogP contribution < -0.4 is 0 Å². The second-order valence-electron chi connectivity index (χ2n) is 7.05. The Labute approximate surface area is 126 Å². The molecule has 0 saturated heterocycles. The minimum absolute atomic E-state index is 0.162. The van der Waals surface area contributed by atoms with E-state index in [1.54, 1.807) is 6.92 Å². The van der Waals surface area contributed by atoms with E-state index in [1.807, 2.05) is 20.8 Å². The second-order valence-corrected chi connectivity index (χ2v) is 7.05. The van der Waals surface area contributed by atoms with Gasteiger partial charge in [0, 0.05) is 11.8 Å². The predicted molar refractivity (Wildman–Crippen MR) is 78.7 cm³/mol. The van der Waals surface area contributed by atoms with Crippen LogP contribution in [0.4, 0.5) is 0 Å². The van der Waals surface area contributed by atoms with Crippen molar-refractivity contribution in [2.75, 3.05) is 0 Å². The van der Waals surface area contributed by atoms with Crippen molar-refractivity contribution in [3.05, 3.63) is 11.7 Å². The molecule has 1 atom stereocenters. The number of hydrogen-bond donors (Lipinski definition) is 0. The average Bonchev–Trinajstić information content (AvgIpc) is 2.89. The summed E-state index contributed by atoms with van der Waals surface area (Å²) in [5.74, 6) is 1.32. The molecule has 5 nitrogen and oxygen atoms in total. The molecule has 0 bridgehead atoms. The lowest BCUT2D eigenvalue weighted by Crippen LogP contribution is -2.16. The number of ether oxygens (including phenoxy) is 1. The van der Waals surface area contributed by atoms with Gasteiger partial charge >= 0.3 is 5.97 Å². The van der Waals surface area contributed by atoms with E-state index in [9.17, 15) is 4.79 Å². The van der Waals surface area contributed by atoms with E-state index in [0.717, 1.165) is 12.8 Å². The normalized spacial score (nSPS) is 18.5. The highest BCUT2D eigenvalue weighted by atomic mass is 16.6. The maximum absolute atomic E-state index is 12.0. The fourth-order valence-electron chi connectivity index (χ4n) is 2.63. The molecule has 1 fully saturated rings. The molecule has 1 aromatic rings. The van der Waals surface area contributed by atoms with Gasteiger partial charge in [0.1, 0.15) is 0 Å². The first-order chi connectivity index (χ1) is 9.86. The number of hydrogen-bond acceptors (Lipinski definition) is 5. The van der Waals surface area contributed by atoms with E-state index >= 15 is 0 Å². The molecule has 0 aliphatic heterocycles. The van der Waals surface area contributed by atoms with Crippen molar-refractivity contribution in [2.24, 2.45) is 5.92 Å². The molecule has 1 aliphatic carbocycles. The summed E-state index contributed by atoms with van der Waals surface area (Å²) in [7, 11) is 0. The summed E-state index contributed by atoms with van der Waals surface area (Å²) in [5.41, 5.74) is -0.173. The van der Waals surface area contributed by atoms with Gasteiger partial charge in [0.25, 0.3) is 5.89 Å². The summed E-state index contributed by atoms with van der Waals surface area (Å²) in [5, 5.41) is 3.95. The average molecular weight is 294 g/mol. The summed E-state index contributed by atoms with van der Waals surface area (Å²) < 4.78 is 10.6. The van der Waals surface area contributed by atoms with Crippen LogP contribution in [0.3, 0.4) is 0 Å². The molecule has 21 heavy (non-hydrogen) atoms. The minimum atomic E-state index is -0.482. The Morgan fingerprint density at radius 3 is 2.57 bits per heavy atom. The van der Waals surface area contributed by atoms with E-state index in [4.69, 9.17) is 9.26 Å². The number of carbonyl (C=O) groups is 1. The zero-order valence-electron chi connectivity index (χ0n) is 13.5. The van der Waals surface area contributed by atoms with Crippen molar-refractivity contribution in [3.63, 3.8) is 0 Å². The Bertz CT molecular complexity index is 470. The SMILES string of the molecule is CC(OC(=O)CC1CCCCC1)c1nc(C(C)(C)C)no1. The zero-order chi connectivity index (χ0) is 15.5. The fourth-order valence-corrected chi connectivity index (χ4v) is 2.63. The lowest BCUT2D eigenvalue weighted by Gasteiger charge is -2.21. The van der Waals surface area contributed by atoms with Crippen LogP contribution in [0.5, 0.6) is 0 Å². The van der Waals surface area contributed by atoms with Gasteiger partial charge in [-0.05, 0) is 25.7 Å². The van der Waals surface area contributed by atoms with Crippen molar-refractivity contribution >= 4 is 5.97 Å². The molecule has 2 rings (SSSR count). The largest absolute Gasteiger partial charge is 0.453 e. The van der Waals surface area contributed by atoms with Crippen molar-refractivity contribution in [2.45, 2.75) is 77.7 Å². The molecule has 1 aromatic heterocycles. The van der Waals surface area contributed by atoms with Gasteiger partial charge in [-0.1, -0.05) is 45.2 Å². The molecule has 0 aromatic carbocycles. The zero-order valence-corrected chi connectivity index (χ0v) is 13.5. The van der Waals surface area contributed by atoms with Gasteiger partial charge in [0.2, 0.25) is 0 Å². The molecule has 5 heteroatoms. The third kappa shape index (κ3) is 4.55. The van der Waals surface area contributed by atoms with E-state index < -0.39 is 6.10 Å². The maximum Gasteiger partial charge on any atom is 0.306 e. The molecular weight excluding hydrogens is 268 g/mol. The number of carbonyl (C=O) groups excluding carboxylic acids is 1. The summed E-state index contributed by atoms with van der Waals surface area (Å²) >= 11 is 0. The van der Waals surface area contributed by atoms with Crippen LogP contribution in [0.25, 0.3) is 0 Å². The smallest absolute Gasteiger partial charge is 0.306 e. The first-order valence-electron chi connectivity index (χ1n) is 7.90. The highest BCUT2D eigenvalue weighted by Gasteiger charge is 2.25. The predicted octanol–water partition coefficient (Wildman–Crippen LogP) is 3.94. The van der Waals surface area contributed by atoms with Crippen molar-refractivity contribution in [3.8, 4) is 0 Å². The Kier molecular flexibility index (Phi) is 5.01. The van der Waals surface area contributed by atoms with Crippen molar-refractivity contribution in [1.29, 1.82) is 0 Å². The molecule has 1 heterocycles. The third-order valence-corrected chi connectivity index (χ3v) is 3.95. The first-order valence-corrected chi connectivity index (χ1v) is 7.90. The van der Waals surface area contributed by atoms with Crippen LogP contribution >= 0.6 is 0 Å². The Morgan fingerprint density at radius 1 is 1.33 bits per heavy atom. The van der Waals surface area contributed by atoms with E-state index in [2.05, 4.69) is 10.1 Å². The lowest BCUT2D eigenvalue weighted by atomic mass is 9.87. The quantitative estimate of drug-likeness (QED) is 0.787. The topological polar surface area (TPSA) is 65.2 Å². The van der Waals surface area contributed by atoms with Crippen LogP contribution in [-0.4, -0.2) is 16.1 Å². The molecule has 118 valence electrons. The van der Waals surface area contributed by atoms with Crippen molar-refractivity contribution < 1.29 is 14.1 Å². The van der Waals surface area contributed by atoms with Crippen molar-refractivity contribution in [1.82, 2.24) is 10.1 Å². The van der Waals surface area contributed by atoms with Crippen LogP contribution in [0, 0.1) is 5.92 Å². The first kappa shape index (κ1) is 16.0. The summed E-state index contributed by atoms with van der Waals surface area (Å²) in [4.78, 5) is 16.3. The molecule has 0 amide bonds. The Hall–Kier alpha value is -1.39. The standard InChI is InChI=1S/C16H26N2O3/c1-11(14-17-15(18-21-14)16(2,3)4)20-13(19)10-12-8-6-5-7-9-12/h11-12H,5-10H2,1-4H3. The molecule has 0 spiro atoms. The van der Waals surface area contributed by atoms with Gasteiger partial charge in [-0.3, -0.25) is 4.79 Å². The van der Waals surface area contributed by atoms with E-state index in [1.165, 1.54) is 19.3 Å². The van der Waals surface area contributed by atoms with Gasteiger partial charge in [-0.2, -0.15) is 4.98 Å². The molecule has 1 saturated carbocycles. The van der Waals surface area contributed by atoms with Gasteiger partial charge < -0.3 is 9.26 Å². The summed E-state index contributed by atoms with van der Waals surface area (Å²) in [6, 6.07) is 0. The molecule has 1 aliphatic rings. The fraction of sp³-hybridized carbons (Fsp3) is 0.812. The number of aromatic nitrogens is 2. The van der Waals surface area contributed by atoms with Crippen LogP contribution in [0.15, 0.2) is 4.52 Å². The van der Waals surface area contributed by atoms with Crippen LogP contribution in [0.1, 0.15) is 84.0 Å². The highest BCUT2D eigenvalue weighted by molar-refractivity contribution is 5.69. The van der Waals surface area contributed by atoms with Gasteiger partial charge in [0.15, 0.2) is 11.9 Å². The number of nitrogens with zero attached hydrogens (tertiary/aromatic N) is 2. The molecule has 1 unspecified atom stereocenters. The lowest BCUT2D eigenvalue weighted by molar-refractivity contribution is -0.151. The van der Waals surface area contributed by atoms with Crippen LogP contribution in [-0.2, 0) is 14.9 Å². The van der Waals surface area contributed by atoms with Crippen LogP contribution in [0.2, 0.25) is 0 Å². The number of rotatable bonds is 4. The Balaban J connectivity index is 1.86. The van der Waals surface area contributed by atoms with Gasteiger partial charge in [0.05, 0.1) is 0 Å². The van der Waals surface area contributed by atoms with Gasteiger partial charge in [-0.15, -0.1) is 0 Å². The Morgan fingerprint density at radius 2 is 2.00 bits per heavy atom. The summed E-state index contributed by atoms with van der Waals surface area (Å²) in [6.45, 7) is 7.82. The monoisotopic (exact) mass is 294 g/mol. The minimum Gasteiger partial charge on any atom is -0.453 e.